The molecule has 1 aliphatic heterocycles. The number of halogens is 1. The van der Waals surface area contributed by atoms with Crippen LogP contribution in [0.15, 0.2) is 6.20 Å². The van der Waals surface area contributed by atoms with Gasteiger partial charge in [0.25, 0.3) is 0 Å². The zero-order valence-corrected chi connectivity index (χ0v) is 14.8. The first kappa shape index (κ1) is 19.2. The predicted octanol–water partition coefficient (Wildman–Crippen LogP) is 1.38. The molecule has 11 heteroatoms. The van der Waals surface area contributed by atoms with Gasteiger partial charge in [0, 0.05) is 18.6 Å². The highest BCUT2D eigenvalue weighted by Gasteiger charge is 2.29. The number of anilines is 2. The smallest absolute Gasteiger partial charge is 0.329 e. The zero-order valence-electron chi connectivity index (χ0n) is 14.8. The number of ether oxygens (including phenoxy) is 1. The Balaban J connectivity index is 1.70. The first-order valence-corrected chi connectivity index (χ1v) is 8.99. The van der Waals surface area contributed by atoms with E-state index in [1.807, 2.05) is 0 Å². The van der Waals surface area contributed by atoms with E-state index in [-0.39, 0.29) is 41.9 Å². The molecule has 4 N–H and O–H groups in total. The lowest BCUT2D eigenvalue weighted by Gasteiger charge is -2.28. The van der Waals surface area contributed by atoms with Gasteiger partial charge in [0.05, 0.1) is 17.6 Å². The fourth-order valence-electron chi connectivity index (χ4n) is 3.43. The largest absolute Gasteiger partial charge is 0.378 e. The van der Waals surface area contributed by atoms with Gasteiger partial charge in [-0.15, -0.1) is 0 Å². The number of nitrogens with one attached hydrogen (secondary N) is 2. The Morgan fingerprint density at radius 2 is 2.04 bits per heavy atom. The van der Waals surface area contributed by atoms with Gasteiger partial charge in [-0.05, 0) is 32.1 Å². The minimum Gasteiger partial charge on any atom is -0.378 e. The SMILES string of the molecule is NC(=O)[C@H]1CC[C@H](Nc2nc(N[C@H]3CCOC[C@H]3F)ncc2[N+](=O)[O-])CC1. The quantitative estimate of drug-likeness (QED) is 0.494. The molecule has 1 aliphatic carbocycles. The summed E-state index contributed by atoms with van der Waals surface area (Å²) in [4.78, 5) is 30.1. The van der Waals surface area contributed by atoms with Gasteiger partial charge in [0.1, 0.15) is 12.4 Å². The van der Waals surface area contributed by atoms with Crippen LogP contribution >= 0.6 is 0 Å². The molecule has 1 saturated heterocycles. The highest BCUT2D eigenvalue weighted by molar-refractivity contribution is 5.76. The van der Waals surface area contributed by atoms with E-state index in [2.05, 4.69) is 20.6 Å². The maximum absolute atomic E-state index is 13.9. The molecule has 1 aromatic rings. The molecule has 27 heavy (non-hydrogen) atoms. The van der Waals surface area contributed by atoms with Crippen molar-refractivity contribution < 1.29 is 18.8 Å². The summed E-state index contributed by atoms with van der Waals surface area (Å²) in [5.41, 5.74) is 5.08. The second kappa shape index (κ2) is 8.42. The lowest BCUT2D eigenvalue weighted by atomic mass is 9.85. The number of aromatic nitrogens is 2. The molecule has 2 aliphatic rings. The molecule has 0 aromatic carbocycles. The molecule has 0 radical (unpaired) electrons. The van der Waals surface area contributed by atoms with Crippen molar-refractivity contribution in [1.82, 2.24) is 9.97 Å². The van der Waals surface area contributed by atoms with Crippen LogP contribution in [0.5, 0.6) is 0 Å². The van der Waals surface area contributed by atoms with E-state index in [0.29, 0.717) is 38.7 Å². The van der Waals surface area contributed by atoms with Gasteiger partial charge in [-0.3, -0.25) is 14.9 Å². The van der Waals surface area contributed by atoms with E-state index < -0.39 is 17.1 Å². The van der Waals surface area contributed by atoms with Gasteiger partial charge in [-0.1, -0.05) is 0 Å². The molecule has 10 nitrogen and oxygen atoms in total. The highest BCUT2D eigenvalue weighted by Crippen LogP contribution is 2.29. The number of hydrogen-bond donors (Lipinski definition) is 3. The number of nitrogens with two attached hydrogens (primary N) is 1. The Morgan fingerprint density at radius 1 is 1.30 bits per heavy atom. The van der Waals surface area contributed by atoms with E-state index in [0.717, 1.165) is 6.20 Å². The lowest BCUT2D eigenvalue weighted by Crippen LogP contribution is -2.39. The summed E-state index contributed by atoms with van der Waals surface area (Å²) in [5, 5.41) is 17.3. The number of amides is 1. The maximum Gasteiger partial charge on any atom is 0.329 e. The van der Waals surface area contributed by atoms with E-state index in [1.165, 1.54) is 0 Å². The van der Waals surface area contributed by atoms with Gasteiger partial charge in [-0.25, -0.2) is 9.37 Å². The third-order valence-corrected chi connectivity index (χ3v) is 5.04. The first-order valence-electron chi connectivity index (χ1n) is 8.99. The van der Waals surface area contributed by atoms with Crippen molar-refractivity contribution in [2.75, 3.05) is 23.8 Å². The molecule has 2 fully saturated rings. The van der Waals surface area contributed by atoms with Crippen LogP contribution in [0.4, 0.5) is 21.8 Å². The van der Waals surface area contributed by atoms with Crippen LogP contribution in [-0.4, -0.2) is 52.3 Å². The molecular weight excluding hydrogens is 359 g/mol. The van der Waals surface area contributed by atoms with E-state index >= 15 is 0 Å². The summed E-state index contributed by atoms with van der Waals surface area (Å²) in [6.45, 7) is 0.429. The minimum absolute atomic E-state index is 0.00113. The average molecular weight is 382 g/mol. The van der Waals surface area contributed by atoms with Gasteiger partial charge in [0.15, 0.2) is 0 Å². The van der Waals surface area contributed by atoms with Gasteiger partial charge in [-0.2, -0.15) is 4.98 Å². The number of hydrogen-bond acceptors (Lipinski definition) is 8. The van der Waals surface area contributed by atoms with Gasteiger partial charge >= 0.3 is 5.69 Å². The third-order valence-electron chi connectivity index (χ3n) is 5.04. The number of nitrogens with zero attached hydrogens (tertiary/aromatic N) is 3. The Morgan fingerprint density at radius 3 is 2.67 bits per heavy atom. The molecule has 148 valence electrons. The molecule has 2 atom stereocenters. The molecule has 2 heterocycles. The molecule has 3 rings (SSSR count). The fraction of sp³-hybridized carbons (Fsp3) is 0.688. The monoisotopic (exact) mass is 382 g/mol. The summed E-state index contributed by atoms with van der Waals surface area (Å²) in [7, 11) is 0. The van der Waals surface area contributed by atoms with Crippen LogP contribution in [0.3, 0.4) is 0 Å². The number of primary amides is 1. The summed E-state index contributed by atoms with van der Waals surface area (Å²) in [6, 6.07) is -0.557. The normalized spacial score (nSPS) is 28.3. The van der Waals surface area contributed by atoms with Crippen LogP contribution in [0.2, 0.25) is 0 Å². The number of rotatable bonds is 6. The van der Waals surface area contributed by atoms with Crippen molar-refractivity contribution >= 4 is 23.4 Å². The van der Waals surface area contributed by atoms with Crippen LogP contribution in [0.1, 0.15) is 32.1 Å². The van der Waals surface area contributed by atoms with Crippen molar-refractivity contribution in [3.05, 3.63) is 16.3 Å². The second-order valence-corrected chi connectivity index (χ2v) is 6.91. The number of nitro groups is 1. The summed E-state index contributed by atoms with van der Waals surface area (Å²) < 4.78 is 19.0. The Kier molecular flexibility index (Phi) is 5.99. The van der Waals surface area contributed by atoms with E-state index in [1.54, 1.807) is 0 Å². The topological polar surface area (TPSA) is 145 Å². The number of carbonyl (C=O) groups is 1. The van der Waals surface area contributed by atoms with Crippen molar-refractivity contribution in [3.63, 3.8) is 0 Å². The Bertz CT molecular complexity index is 697. The fourth-order valence-corrected chi connectivity index (χ4v) is 3.43. The van der Waals surface area contributed by atoms with Crippen LogP contribution in [0, 0.1) is 16.0 Å². The molecule has 0 bridgehead atoms. The molecule has 1 aromatic heterocycles. The van der Waals surface area contributed by atoms with Gasteiger partial charge in [0.2, 0.25) is 17.7 Å². The number of carbonyl (C=O) groups excluding carboxylic acids is 1. The third kappa shape index (κ3) is 4.79. The Labute approximate surface area is 155 Å². The zero-order chi connectivity index (χ0) is 19.4. The Hall–Kier alpha value is -2.56. The lowest BCUT2D eigenvalue weighted by molar-refractivity contribution is -0.384. The summed E-state index contributed by atoms with van der Waals surface area (Å²) in [6.07, 6.45) is 2.94. The average Bonchev–Trinajstić information content (AvgIpc) is 2.64. The van der Waals surface area contributed by atoms with Crippen molar-refractivity contribution in [1.29, 1.82) is 0 Å². The van der Waals surface area contributed by atoms with Crippen LogP contribution in [-0.2, 0) is 9.53 Å². The summed E-state index contributed by atoms with van der Waals surface area (Å²) >= 11 is 0. The molecule has 0 spiro atoms. The van der Waals surface area contributed by atoms with E-state index in [4.69, 9.17) is 10.5 Å². The first-order chi connectivity index (χ1) is 12.9. The van der Waals surface area contributed by atoms with Crippen molar-refractivity contribution in [2.45, 2.75) is 50.4 Å². The minimum atomic E-state index is -1.20. The van der Waals surface area contributed by atoms with Crippen molar-refractivity contribution in [3.8, 4) is 0 Å². The highest BCUT2D eigenvalue weighted by atomic mass is 19.1. The molecule has 1 saturated carbocycles. The van der Waals surface area contributed by atoms with Crippen LogP contribution in [0.25, 0.3) is 0 Å². The molecular formula is C16H23FN6O4. The van der Waals surface area contributed by atoms with Crippen molar-refractivity contribution in [2.24, 2.45) is 11.7 Å². The predicted molar refractivity (Wildman–Crippen MR) is 95.0 cm³/mol. The van der Waals surface area contributed by atoms with E-state index in [9.17, 15) is 19.3 Å². The maximum atomic E-state index is 13.9. The van der Waals surface area contributed by atoms with Gasteiger partial charge < -0.3 is 21.1 Å². The molecule has 0 unspecified atom stereocenters. The second-order valence-electron chi connectivity index (χ2n) is 6.91. The summed E-state index contributed by atoms with van der Waals surface area (Å²) in [5.74, 6) is -0.258. The number of alkyl halides is 1. The van der Waals surface area contributed by atoms with Crippen LogP contribution < -0.4 is 16.4 Å². The standard InChI is InChI=1S/C16H23FN6O4/c17-11-8-27-6-5-12(11)21-16-19-7-13(23(25)26)15(22-16)20-10-3-1-9(2-4-10)14(18)24/h7,9-12H,1-6,8H2,(H2,18,24)(H2,19,20,21,22)/t9-,10-,11-,12+/m1/s1. The molecule has 1 amide bonds.